The number of fused-ring (bicyclic) bond motifs is 1. The van der Waals surface area contributed by atoms with Crippen LogP contribution in [0.1, 0.15) is 38.0 Å². The molecule has 0 aliphatic carbocycles. The molecule has 2 aliphatic heterocycles. The molecule has 144 valence electrons. The number of nitrogens with zero attached hydrogens (tertiary/aromatic N) is 5. The van der Waals surface area contributed by atoms with E-state index in [-0.39, 0.29) is 25.0 Å². The number of carbonyl (C=O) groups excluding carboxylic acids is 2. The van der Waals surface area contributed by atoms with Gasteiger partial charge in [-0.05, 0) is 19.3 Å². The van der Waals surface area contributed by atoms with Crippen LogP contribution in [0.2, 0.25) is 0 Å². The lowest BCUT2D eigenvalue weighted by Gasteiger charge is -2.35. The second kappa shape index (κ2) is 8.63. The van der Waals surface area contributed by atoms with Gasteiger partial charge in [0.15, 0.2) is 5.82 Å². The number of ether oxygens (including phenoxy) is 1. The van der Waals surface area contributed by atoms with Gasteiger partial charge in [0.05, 0.1) is 19.1 Å². The maximum absolute atomic E-state index is 12.6. The summed E-state index contributed by atoms with van der Waals surface area (Å²) in [5, 5.41) is 15.3. The van der Waals surface area contributed by atoms with Crippen molar-refractivity contribution in [1.29, 1.82) is 0 Å². The Balaban J connectivity index is 0.000000758. The molecule has 1 atom stereocenters. The quantitative estimate of drug-likeness (QED) is 0.777. The van der Waals surface area contributed by atoms with Gasteiger partial charge in [-0.2, -0.15) is 0 Å². The summed E-state index contributed by atoms with van der Waals surface area (Å²) in [4.78, 5) is 35.7. The summed E-state index contributed by atoms with van der Waals surface area (Å²) in [7, 11) is 0. The number of amides is 2. The van der Waals surface area contributed by atoms with Crippen LogP contribution in [0.15, 0.2) is 0 Å². The van der Waals surface area contributed by atoms with Gasteiger partial charge >= 0.3 is 6.09 Å². The standard InChI is InChI=1S/C15H23N5O3.CH2O2/c1-10(2)6-12-7-19(8-13-17-16-11(3)20(12)13)14(21)9-18-4-5-23-15(18)22;2-1-3/h10,12H,4-9H2,1-3H3;1H,(H,2,3)/t12-;/m0./s1. The van der Waals surface area contributed by atoms with Gasteiger partial charge in [-0.15, -0.1) is 10.2 Å². The van der Waals surface area contributed by atoms with E-state index in [1.807, 2.05) is 6.92 Å². The van der Waals surface area contributed by atoms with E-state index in [0.29, 0.717) is 32.2 Å². The van der Waals surface area contributed by atoms with Crippen molar-refractivity contribution >= 4 is 18.5 Å². The molecule has 1 saturated heterocycles. The van der Waals surface area contributed by atoms with Crippen LogP contribution in [0, 0.1) is 12.8 Å². The highest BCUT2D eigenvalue weighted by atomic mass is 16.6. The van der Waals surface area contributed by atoms with Gasteiger partial charge in [-0.3, -0.25) is 14.5 Å². The molecule has 10 nitrogen and oxygen atoms in total. The molecule has 3 heterocycles. The summed E-state index contributed by atoms with van der Waals surface area (Å²) in [6.07, 6.45) is 0.551. The zero-order chi connectivity index (χ0) is 19.3. The fourth-order valence-electron chi connectivity index (χ4n) is 3.31. The SMILES string of the molecule is Cc1nnc2n1[C@@H](CC(C)C)CN(C(=O)CN1CCOC1=O)C2.O=CO. The van der Waals surface area contributed by atoms with E-state index in [9.17, 15) is 9.59 Å². The largest absolute Gasteiger partial charge is 0.483 e. The van der Waals surface area contributed by atoms with Crippen molar-refractivity contribution in [3.8, 4) is 0 Å². The predicted octanol–water partition coefficient (Wildman–Crippen LogP) is 0.669. The minimum Gasteiger partial charge on any atom is -0.483 e. The van der Waals surface area contributed by atoms with Gasteiger partial charge in [-0.25, -0.2) is 4.79 Å². The molecule has 2 amide bonds. The minimum absolute atomic E-state index is 0.0653. The van der Waals surface area contributed by atoms with Crippen molar-refractivity contribution in [2.24, 2.45) is 5.92 Å². The van der Waals surface area contributed by atoms with Gasteiger partial charge in [0, 0.05) is 6.54 Å². The maximum Gasteiger partial charge on any atom is 0.410 e. The summed E-state index contributed by atoms with van der Waals surface area (Å²) < 4.78 is 7.02. The van der Waals surface area contributed by atoms with E-state index in [1.165, 1.54) is 4.90 Å². The number of aryl methyl sites for hydroxylation is 1. The Bertz CT molecular complexity index is 659. The number of hydrogen-bond acceptors (Lipinski definition) is 6. The third-order valence-corrected chi connectivity index (χ3v) is 4.33. The summed E-state index contributed by atoms with van der Waals surface area (Å²) in [6.45, 7) is 8.00. The lowest BCUT2D eigenvalue weighted by atomic mass is 10.0. The molecule has 0 spiro atoms. The number of carboxylic acid groups (broad SMARTS) is 1. The molecule has 10 heteroatoms. The van der Waals surface area contributed by atoms with Crippen LogP contribution in [-0.2, 0) is 20.9 Å². The first-order chi connectivity index (χ1) is 12.4. The van der Waals surface area contributed by atoms with Crippen molar-refractivity contribution in [2.75, 3.05) is 26.2 Å². The Hall–Kier alpha value is -2.65. The fourth-order valence-corrected chi connectivity index (χ4v) is 3.31. The second-order valence-electron chi connectivity index (χ2n) is 6.73. The van der Waals surface area contributed by atoms with Crippen molar-refractivity contribution in [3.05, 3.63) is 11.6 Å². The molecular weight excluding hydrogens is 342 g/mol. The molecule has 0 bridgehead atoms. The molecule has 0 unspecified atom stereocenters. The normalized spacial score (nSPS) is 18.9. The molecule has 0 radical (unpaired) electrons. The Morgan fingerprint density at radius 3 is 2.69 bits per heavy atom. The first-order valence-electron chi connectivity index (χ1n) is 8.55. The van der Waals surface area contributed by atoms with Crippen molar-refractivity contribution in [3.63, 3.8) is 0 Å². The van der Waals surface area contributed by atoms with Crippen LogP contribution >= 0.6 is 0 Å². The smallest absolute Gasteiger partial charge is 0.410 e. The number of aromatic nitrogens is 3. The minimum atomic E-state index is -0.409. The molecule has 2 aliphatic rings. The maximum atomic E-state index is 12.6. The van der Waals surface area contributed by atoms with Crippen LogP contribution in [0.25, 0.3) is 0 Å². The number of rotatable bonds is 4. The molecule has 0 saturated carbocycles. The zero-order valence-electron chi connectivity index (χ0n) is 15.3. The highest BCUT2D eigenvalue weighted by Gasteiger charge is 2.33. The second-order valence-corrected chi connectivity index (χ2v) is 6.73. The lowest BCUT2D eigenvalue weighted by Crippen LogP contribution is -2.46. The highest BCUT2D eigenvalue weighted by Crippen LogP contribution is 2.27. The fraction of sp³-hybridized carbons (Fsp3) is 0.688. The van der Waals surface area contributed by atoms with Gasteiger partial charge in [0.1, 0.15) is 19.0 Å². The van der Waals surface area contributed by atoms with Gasteiger partial charge in [0.2, 0.25) is 5.91 Å². The molecule has 1 aromatic rings. The number of cyclic esters (lactones) is 1. The monoisotopic (exact) mass is 367 g/mol. The number of carbonyl (C=O) groups is 3. The highest BCUT2D eigenvalue weighted by molar-refractivity contribution is 5.83. The van der Waals surface area contributed by atoms with Crippen molar-refractivity contribution in [1.82, 2.24) is 24.6 Å². The van der Waals surface area contributed by atoms with E-state index >= 15 is 0 Å². The first-order valence-corrected chi connectivity index (χ1v) is 8.55. The summed E-state index contributed by atoms with van der Waals surface area (Å²) in [5.74, 6) is 2.15. The van der Waals surface area contributed by atoms with Gasteiger partial charge < -0.3 is 19.3 Å². The Morgan fingerprint density at radius 1 is 1.42 bits per heavy atom. The van der Waals surface area contributed by atoms with Crippen molar-refractivity contribution < 1.29 is 24.2 Å². The zero-order valence-corrected chi connectivity index (χ0v) is 15.3. The topological polar surface area (TPSA) is 118 Å². The Labute approximate surface area is 151 Å². The van der Waals surface area contributed by atoms with E-state index in [0.717, 1.165) is 18.1 Å². The summed E-state index contributed by atoms with van der Waals surface area (Å²) in [6, 6.07) is 0.184. The number of hydrogen-bond donors (Lipinski definition) is 1. The predicted molar refractivity (Wildman–Crippen MR) is 90.3 cm³/mol. The summed E-state index contributed by atoms with van der Waals surface area (Å²) in [5.41, 5.74) is 0. The third-order valence-electron chi connectivity index (χ3n) is 4.33. The Kier molecular flexibility index (Phi) is 6.53. The average molecular weight is 367 g/mol. The Morgan fingerprint density at radius 2 is 2.12 bits per heavy atom. The molecular formula is C16H25N5O5. The molecule has 0 aromatic carbocycles. The van der Waals surface area contributed by atoms with E-state index in [1.54, 1.807) is 4.90 Å². The van der Waals surface area contributed by atoms with Crippen LogP contribution in [0.5, 0.6) is 0 Å². The lowest BCUT2D eigenvalue weighted by molar-refractivity contribution is -0.134. The average Bonchev–Trinajstić information content (AvgIpc) is 3.14. The third kappa shape index (κ3) is 4.50. The van der Waals surface area contributed by atoms with Crippen molar-refractivity contribution in [2.45, 2.75) is 39.8 Å². The molecule has 26 heavy (non-hydrogen) atoms. The molecule has 1 fully saturated rings. The van der Waals surface area contributed by atoms with Crippen LogP contribution < -0.4 is 0 Å². The molecule has 3 rings (SSSR count). The molecule has 1 N–H and O–H groups in total. The van der Waals surface area contributed by atoms with E-state index < -0.39 is 6.09 Å². The molecule has 1 aromatic heterocycles. The van der Waals surface area contributed by atoms with E-state index in [4.69, 9.17) is 14.6 Å². The van der Waals surface area contributed by atoms with E-state index in [2.05, 4.69) is 28.6 Å². The van der Waals surface area contributed by atoms with Gasteiger partial charge in [0.25, 0.3) is 6.47 Å². The van der Waals surface area contributed by atoms with Crippen LogP contribution in [0.3, 0.4) is 0 Å². The van der Waals surface area contributed by atoms with Crippen LogP contribution in [0.4, 0.5) is 4.79 Å². The first kappa shape index (κ1) is 19.7. The van der Waals surface area contributed by atoms with Crippen LogP contribution in [-0.4, -0.2) is 74.4 Å². The summed E-state index contributed by atoms with van der Waals surface area (Å²) >= 11 is 0. The van der Waals surface area contributed by atoms with Gasteiger partial charge in [-0.1, -0.05) is 13.8 Å².